The standard InChI is InChI=1S/C9H9BrN4O/c10-8-7-9(12-4-11-8)14(5-13-7)6-2-1-3-15-6/h4-6H,1-3H2/t6-/m0/s1. The summed E-state index contributed by atoms with van der Waals surface area (Å²) in [5, 5.41) is 0. The highest BCUT2D eigenvalue weighted by atomic mass is 79.9. The summed E-state index contributed by atoms with van der Waals surface area (Å²) in [5.74, 6) is 0. The van der Waals surface area contributed by atoms with Crippen molar-refractivity contribution in [3.05, 3.63) is 17.3 Å². The Kier molecular flexibility index (Phi) is 2.17. The van der Waals surface area contributed by atoms with Gasteiger partial charge in [-0.05, 0) is 28.8 Å². The first kappa shape index (κ1) is 9.23. The first-order valence-electron chi connectivity index (χ1n) is 4.81. The van der Waals surface area contributed by atoms with Gasteiger partial charge in [-0.2, -0.15) is 0 Å². The maximum absolute atomic E-state index is 5.59. The Bertz CT molecular complexity index is 492. The lowest BCUT2D eigenvalue weighted by Gasteiger charge is -2.10. The number of ether oxygens (including phenoxy) is 1. The van der Waals surface area contributed by atoms with Crippen molar-refractivity contribution < 1.29 is 4.74 Å². The van der Waals surface area contributed by atoms with E-state index in [0.29, 0.717) is 0 Å². The van der Waals surface area contributed by atoms with Gasteiger partial charge in [0.1, 0.15) is 22.7 Å². The molecular weight excluding hydrogens is 260 g/mol. The van der Waals surface area contributed by atoms with Crippen LogP contribution in [0.5, 0.6) is 0 Å². The van der Waals surface area contributed by atoms with Crippen LogP contribution in [0.25, 0.3) is 11.2 Å². The molecule has 78 valence electrons. The van der Waals surface area contributed by atoms with Crippen LogP contribution in [0.15, 0.2) is 17.3 Å². The lowest BCUT2D eigenvalue weighted by molar-refractivity contribution is 0.0593. The highest BCUT2D eigenvalue weighted by Gasteiger charge is 2.20. The minimum absolute atomic E-state index is 0.0804. The molecule has 5 nitrogen and oxygen atoms in total. The minimum atomic E-state index is 0.0804. The summed E-state index contributed by atoms with van der Waals surface area (Å²) in [4.78, 5) is 12.5. The topological polar surface area (TPSA) is 52.8 Å². The molecule has 1 atom stereocenters. The summed E-state index contributed by atoms with van der Waals surface area (Å²) in [6, 6.07) is 0. The first-order valence-corrected chi connectivity index (χ1v) is 5.60. The van der Waals surface area contributed by atoms with Gasteiger partial charge < -0.3 is 4.74 Å². The molecule has 6 heteroatoms. The number of rotatable bonds is 1. The zero-order valence-electron chi connectivity index (χ0n) is 7.93. The third-order valence-electron chi connectivity index (χ3n) is 2.53. The van der Waals surface area contributed by atoms with Gasteiger partial charge in [-0.15, -0.1) is 0 Å². The lowest BCUT2D eigenvalue weighted by atomic mass is 10.3. The Morgan fingerprint density at radius 2 is 2.33 bits per heavy atom. The molecule has 0 aromatic carbocycles. The van der Waals surface area contributed by atoms with Gasteiger partial charge in [0, 0.05) is 6.61 Å². The molecule has 1 saturated heterocycles. The fourth-order valence-electron chi connectivity index (χ4n) is 1.81. The predicted molar refractivity (Wildman–Crippen MR) is 57.2 cm³/mol. The van der Waals surface area contributed by atoms with Crippen molar-refractivity contribution >= 4 is 27.1 Å². The second-order valence-corrected chi connectivity index (χ2v) is 4.21. The van der Waals surface area contributed by atoms with Gasteiger partial charge >= 0.3 is 0 Å². The van der Waals surface area contributed by atoms with E-state index in [-0.39, 0.29) is 6.23 Å². The highest BCUT2D eigenvalue weighted by molar-refractivity contribution is 9.10. The van der Waals surface area contributed by atoms with Crippen LogP contribution in [0.1, 0.15) is 19.1 Å². The molecule has 0 amide bonds. The summed E-state index contributed by atoms with van der Waals surface area (Å²) in [7, 11) is 0. The molecule has 1 aliphatic rings. The molecule has 3 heterocycles. The molecule has 1 fully saturated rings. The molecule has 0 aliphatic carbocycles. The van der Waals surface area contributed by atoms with E-state index < -0.39 is 0 Å². The molecule has 2 aromatic rings. The minimum Gasteiger partial charge on any atom is -0.358 e. The monoisotopic (exact) mass is 268 g/mol. The lowest BCUT2D eigenvalue weighted by Crippen LogP contribution is -2.06. The third kappa shape index (κ3) is 1.44. The van der Waals surface area contributed by atoms with E-state index in [1.165, 1.54) is 6.33 Å². The largest absolute Gasteiger partial charge is 0.358 e. The molecule has 0 unspecified atom stereocenters. The van der Waals surface area contributed by atoms with E-state index in [1.807, 2.05) is 4.57 Å². The smallest absolute Gasteiger partial charge is 0.166 e. The number of imidazole rings is 1. The number of halogens is 1. The van der Waals surface area contributed by atoms with E-state index in [1.54, 1.807) is 6.33 Å². The number of aromatic nitrogens is 4. The number of hydrogen-bond donors (Lipinski definition) is 0. The third-order valence-corrected chi connectivity index (χ3v) is 3.11. The molecule has 0 bridgehead atoms. The van der Waals surface area contributed by atoms with Crippen LogP contribution in [-0.2, 0) is 4.74 Å². The van der Waals surface area contributed by atoms with Crippen molar-refractivity contribution in [2.75, 3.05) is 6.61 Å². The zero-order chi connectivity index (χ0) is 10.3. The van der Waals surface area contributed by atoms with Crippen molar-refractivity contribution in [3.63, 3.8) is 0 Å². The van der Waals surface area contributed by atoms with Crippen LogP contribution < -0.4 is 0 Å². The van der Waals surface area contributed by atoms with Crippen LogP contribution in [0.2, 0.25) is 0 Å². The Balaban J connectivity index is 2.15. The Morgan fingerprint density at radius 3 is 3.13 bits per heavy atom. The normalized spacial score (nSPS) is 21.3. The van der Waals surface area contributed by atoms with Gasteiger partial charge in [-0.3, -0.25) is 4.57 Å². The van der Waals surface area contributed by atoms with Crippen LogP contribution in [0.4, 0.5) is 0 Å². The van der Waals surface area contributed by atoms with Gasteiger partial charge in [0.05, 0.1) is 6.33 Å². The van der Waals surface area contributed by atoms with Crippen LogP contribution in [0, 0.1) is 0 Å². The summed E-state index contributed by atoms with van der Waals surface area (Å²) in [6.45, 7) is 0.816. The molecule has 0 spiro atoms. The van der Waals surface area contributed by atoms with Gasteiger partial charge in [0.2, 0.25) is 0 Å². The summed E-state index contributed by atoms with van der Waals surface area (Å²) in [6.07, 6.45) is 5.49. The summed E-state index contributed by atoms with van der Waals surface area (Å²) < 4.78 is 8.29. The molecule has 0 saturated carbocycles. The molecule has 0 N–H and O–H groups in total. The van der Waals surface area contributed by atoms with E-state index in [0.717, 1.165) is 35.2 Å². The number of fused-ring (bicyclic) bond motifs is 1. The molecule has 3 rings (SSSR count). The van der Waals surface area contributed by atoms with Gasteiger partial charge in [0.15, 0.2) is 5.65 Å². The molecule has 2 aromatic heterocycles. The van der Waals surface area contributed by atoms with Gasteiger partial charge in [-0.1, -0.05) is 0 Å². The maximum atomic E-state index is 5.59. The van der Waals surface area contributed by atoms with Crippen LogP contribution in [0.3, 0.4) is 0 Å². The maximum Gasteiger partial charge on any atom is 0.166 e. The summed E-state index contributed by atoms with van der Waals surface area (Å²) >= 11 is 3.35. The second kappa shape index (κ2) is 3.53. The van der Waals surface area contributed by atoms with Crippen LogP contribution >= 0.6 is 15.9 Å². The number of hydrogen-bond acceptors (Lipinski definition) is 4. The zero-order valence-corrected chi connectivity index (χ0v) is 9.51. The average Bonchev–Trinajstić information content (AvgIpc) is 2.85. The molecule has 15 heavy (non-hydrogen) atoms. The van der Waals surface area contributed by atoms with E-state index in [9.17, 15) is 0 Å². The molecule has 1 aliphatic heterocycles. The second-order valence-electron chi connectivity index (χ2n) is 3.46. The van der Waals surface area contributed by atoms with E-state index in [2.05, 4.69) is 30.9 Å². The quantitative estimate of drug-likeness (QED) is 0.742. The Hall–Kier alpha value is -1.01. The van der Waals surface area contributed by atoms with Crippen molar-refractivity contribution in [1.29, 1.82) is 0 Å². The van der Waals surface area contributed by atoms with Gasteiger partial charge in [0.25, 0.3) is 0 Å². The van der Waals surface area contributed by atoms with E-state index >= 15 is 0 Å². The van der Waals surface area contributed by atoms with Crippen molar-refractivity contribution in [2.24, 2.45) is 0 Å². The SMILES string of the molecule is Brc1ncnc2c1ncn2[C@@H]1CCCO1. The van der Waals surface area contributed by atoms with E-state index in [4.69, 9.17) is 4.74 Å². The Labute approximate surface area is 94.6 Å². The van der Waals surface area contributed by atoms with Crippen molar-refractivity contribution in [3.8, 4) is 0 Å². The van der Waals surface area contributed by atoms with Crippen LogP contribution in [-0.4, -0.2) is 26.1 Å². The molecular formula is C9H9BrN4O. The summed E-state index contributed by atoms with van der Waals surface area (Å²) in [5.41, 5.74) is 1.61. The van der Waals surface area contributed by atoms with Crippen molar-refractivity contribution in [2.45, 2.75) is 19.1 Å². The number of nitrogens with zero attached hydrogens (tertiary/aromatic N) is 4. The fraction of sp³-hybridized carbons (Fsp3) is 0.444. The van der Waals surface area contributed by atoms with Gasteiger partial charge in [-0.25, -0.2) is 15.0 Å². The highest BCUT2D eigenvalue weighted by Crippen LogP contribution is 2.27. The first-order chi connectivity index (χ1) is 7.36. The Morgan fingerprint density at radius 1 is 1.40 bits per heavy atom. The predicted octanol–water partition coefficient (Wildman–Crippen LogP) is 1.90. The molecule has 0 radical (unpaired) electrons. The fourth-order valence-corrected chi connectivity index (χ4v) is 2.19. The average molecular weight is 269 g/mol. The van der Waals surface area contributed by atoms with Crippen molar-refractivity contribution in [1.82, 2.24) is 19.5 Å².